The van der Waals surface area contributed by atoms with Crippen molar-refractivity contribution in [3.8, 4) is 0 Å². The van der Waals surface area contributed by atoms with Crippen molar-refractivity contribution >= 4 is 47.0 Å². The van der Waals surface area contributed by atoms with Gasteiger partial charge in [0.25, 0.3) is 0 Å². The number of nitrogens with two attached hydrogens (primary N) is 3. The maximum Gasteiger partial charge on any atom is 0.218 e. The Kier molecular flexibility index (Phi) is 17.8. The van der Waals surface area contributed by atoms with Crippen molar-refractivity contribution in [3.63, 3.8) is 0 Å². The van der Waals surface area contributed by atoms with Gasteiger partial charge in [0.15, 0.2) is 0 Å². The Morgan fingerprint density at radius 2 is 1.68 bits per heavy atom. The minimum Gasteiger partial charge on any atom is -0.404 e. The zero-order chi connectivity index (χ0) is 28.4. The number of aliphatic hydroxyl groups is 1. The van der Waals surface area contributed by atoms with E-state index in [4.69, 9.17) is 28.3 Å². The van der Waals surface area contributed by atoms with E-state index >= 15 is 0 Å². The molecule has 0 aliphatic carbocycles. The van der Waals surface area contributed by atoms with E-state index in [9.17, 15) is 4.79 Å². The highest BCUT2D eigenvalue weighted by molar-refractivity contribution is 7.94. The fourth-order valence-corrected chi connectivity index (χ4v) is 3.66. The number of anilines is 2. The molecule has 0 unspecified atom stereocenters. The number of allylic oxidation sites excluding steroid dienone is 1. The maximum atomic E-state index is 11.6. The molecule has 0 fully saturated rings. The first-order valence-electron chi connectivity index (χ1n) is 11.6. The lowest BCUT2D eigenvalue weighted by Crippen LogP contribution is -2.16. The molecule has 7 N–H and O–H groups in total. The van der Waals surface area contributed by atoms with Crippen LogP contribution in [-0.4, -0.2) is 18.2 Å². The Hall–Kier alpha value is -2.85. The highest BCUT2D eigenvalue weighted by Crippen LogP contribution is 2.32. The molecule has 0 aliphatic heterocycles. The third kappa shape index (κ3) is 11.4. The van der Waals surface area contributed by atoms with Crippen LogP contribution in [0.15, 0.2) is 71.8 Å². The van der Waals surface area contributed by atoms with Crippen LogP contribution in [0.5, 0.6) is 0 Å². The first kappa shape index (κ1) is 34.1. The van der Waals surface area contributed by atoms with Gasteiger partial charge in [0.1, 0.15) is 0 Å². The number of amides is 1. The van der Waals surface area contributed by atoms with Gasteiger partial charge in [-0.25, -0.2) is 10.2 Å². The summed E-state index contributed by atoms with van der Waals surface area (Å²) in [4.78, 5) is 14.1. The van der Waals surface area contributed by atoms with Crippen molar-refractivity contribution < 1.29 is 14.2 Å². The Labute approximate surface area is 230 Å². The maximum absolute atomic E-state index is 11.6. The lowest BCUT2D eigenvalue weighted by atomic mass is 10.0. The number of aliphatic hydroxyl groups excluding tert-OH is 1. The molecule has 7 nitrogen and oxygen atoms in total. The average Bonchev–Trinajstić information content (AvgIpc) is 2.91. The summed E-state index contributed by atoms with van der Waals surface area (Å²) in [6, 6.07) is 19.4. The van der Waals surface area contributed by atoms with Crippen molar-refractivity contribution in [3.05, 3.63) is 94.1 Å². The second kappa shape index (κ2) is 19.3. The first-order chi connectivity index (χ1) is 17.7. The normalized spacial score (nSPS) is 10.1. The molecule has 0 saturated carbocycles. The fraction of sp³-hybridized carbons (Fsp3) is 0.250. The van der Waals surface area contributed by atoms with E-state index in [1.54, 1.807) is 11.1 Å². The highest BCUT2D eigenvalue weighted by Gasteiger charge is 2.13. The van der Waals surface area contributed by atoms with Gasteiger partial charge in [-0.15, -0.1) is 0 Å². The number of benzene rings is 3. The number of hydrogen-bond acceptors (Lipinski definition) is 7. The van der Waals surface area contributed by atoms with Crippen molar-refractivity contribution in [2.75, 3.05) is 11.6 Å². The summed E-state index contributed by atoms with van der Waals surface area (Å²) < 4.78 is 4.40. The molecule has 37 heavy (non-hydrogen) atoms. The molecule has 9 heteroatoms. The lowest BCUT2D eigenvalue weighted by molar-refractivity contribution is -0.106. The highest BCUT2D eigenvalue weighted by atomic mass is 35.5. The molecule has 3 rings (SSSR count). The molecule has 1 amide bonds. The SMILES string of the molecule is C/C(=C\N)c1ccccc1N(C=O)c1ccc(C)c(C)c1.CC.Cc1ccc(Cl)c(SON)c1.NCO. The van der Waals surface area contributed by atoms with Crippen molar-refractivity contribution in [2.45, 2.75) is 46.4 Å². The molecule has 0 heterocycles. The number of nitrogens with zero attached hydrogens (tertiary/aromatic N) is 1. The molecule has 0 saturated heterocycles. The van der Waals surface area contributed by atoms with Crippen LogP contribution in [0.2, 0.25) is 5.02 Å². The molecule has 0 atom stereocenters. The van der Waals surface area contributed by atoms with Crippen LogP contribution < -0.4 is 22.3 Å². The van der Waals surface area contributed by atoms with Gasteiger partial charge >= 0.3 is 0 Å². The van der Waals surface area contributed by atoms with E-state index in [2.05, 4.69) is 16.9 Å². The number of halogens is 1. The molecule has 3 aromatic rings. The second-order valence-corrected chi connectivity index (χ2v) is 8.61. The van der Waals surface area contributed by atoms with Gasteiger partial charge in [0.05, 0.1) is 34.4 Å². The van der Waals surface area contributed by atoms with Crippen LogP contribution in [0.4, 0.5) is 11.4 Å². The number of aryl methyl sites for hydroxylation is 3. The largest absolute Gasteiger partial charge is 0.404 e. The van der Waals surface area contributed by atoms with Crippen LogP contribution in [0.25, 0.3) is 5.57 Å². The van der Waals surface area contributed by atoms with Gasteiger partial charge in [-0.3, -0.25) is 9.69 Å². The fourth-order valence-electron chi connectivity index (χ4n) is 2.97. The van der Waals surface area contributed by atoms with Crippen molar-refractivity contribution in [2.24, 2.45) is 17.4 Å². The van der Waals surface area contributed by atoms with E-state index in [-0.39, 0.29) is 6.73 Å². The average molecular weight is 547 g/mol. The van der Waals surface area contributed by atoms with Gasteiger partial charge in [-0.2, -0.15) is 0 Å². The van der Waals surface area contributed by atoms with Gasteiger partial charge in [0, 0.05) is 11.3 Å². The molecular formula is C28H39ClN4O3S. The Morgan fingerprint density at radius 3 is 2.22 bits per heavy atom. The molecule has 202 valence electrons. The molecule has 0 aromatic heterocycles. The van der Waals surface area contributed by atoms with Crippen LogP contribution >= 0.6 is 23.6 Å². The van der Waals surface area contributed by atoms with Crippen LogP contribution in [-0.2, 0) is 9.08 Å². The summed E-state index contributed by atoms with van der Waals surface area (Å²) >= 11 is 6.88. The quantitative estimate of drug-likeness (QED) is 0.122. The zero-order valence-electron chi connectivity index (χ0n) is 22.4. The smallest absolute Gasteiger partial charge is 0.218 e. The van der Waals surface area contributed by atoms with Crippen LogP contribution in [0.1, 0.15) is 43.0 Å². The third-order valence-corrected chi connectivity index (χ3v) is 5.99. The van der Waals surface area contributed by atoms with Crippen molar-refractivity contribution in [1.82, 2.24) is 0 Å². The lowest BCUT2D eigenvalue weighted by Gasteiger charge is -2.22. The van der Waals surface area contributed by atoms with E-state index in [0.717, 1.165) is 57.0 Å². The second-order valence-electron chi connectivity index (χ2n) is 7.41. The van der Waals surface area contributed by atoms with Crippen molar-refractivity contribution in [1.29, 1.82) is 0 Å². The minimum atomic E-state index is -0.250. The van der Waals surface area contributed by atoms with Gasteiger partial charge in [-0.1, -0.05) is 55.8 Å². The van der Waals surface area contributed by atoms with Crippen LogP contribution in [0.3, 0.4) is 0 Å². The predicted molar refractivity (Wildman–Crippen MR) is 158 cm³/mol. The summed E-state index contributed by atoms with van der Waals surface area (Å²) in [5, 5.41) is 8.01. The Bertz CT molecular complexity index is 1130. The molecule has 0 radical (unpaired) electrons. The number of rotatable bonds is 6. The standard InChI is InChI=1S/C18H20N2O.C7H8ClNOS.C2H6.CH5NO/c1-13-8-9-16(10-14(13)2)20(12-21)18-7-5-4-6-17(18)15(3)11-19;1-5-2-3-6(8)7(4-5)11-10-9;1-2;2-1-3/h4-12H,19H2,1-3H3;2-4H,9H2,1H3;1-2H3;3H,1-2H2/b15-11+;;;. The topological polar surface area (TPSA) is 128 Å². The Balaban J connectivity index is 0.000000679. The number of carbonyl (C=O) groups excluding carboxylic acids is 1. The molecule has 3 aromatic carbocycles. The number of carbonyl (C=O) groups is 1. The summed E-state index contributed by atoms with van der Waals surface area (Å²) in [6.45, 7) is 11.8. The monoisotopic (exact) mass is 546 g/mol. The summed E-state index contributed by atoms with van der Waals surface area (Å²) in [6.07, 6.45) is 2.40. The van der Waals surface area contributed by atoms with E-state index < -0.39 is 0 Å². The summed E-state index contributed by atoms with van der Waals surface area (Å²) in [5.41, 5.74) is 17.1. The third-order valence-electron chi connectivity index (χ3n) is 4.94. The zero-order valence-corrected chi connectivity index (χ0v) is 23.9. The van der Waals surface area contributed by atoms with Gasteiger partial charge < -0.3 is 16.6 Å². The summed E-state index contributed by atoms with van der Waals surface area (Å²) in [7, 11) is 0. The molecule has 0 spiro atoms. The summed E-state index contributed by atoms with van der Waals surface area (Å²) in [5.74, 6) is 4.88. The van der Waals surface area contributed by atoms with E-state index in [1.807, 2.05) is 95.3 Å². The minimum absolute atomic E-state index is 0.250. The van der Waals surface area contributed by atoms with E-state index in [0.29, 0.717) is 5.02 Å². The predicted octanol–water partition coefficient (Wildman–Crippen LogP) is 6.38. The number of hydrogen-bond donors (Lipinski definition) is 4. The van der Waals surface area contributed by atoms with Crippen LogP contribution in [0, 0.1) is 20.8 Å². The first-order valence-corrected chi connectivity index (χ1v) is 12.8. The Morgan fingerprint density at radius 1 is 1.05 bits per heavy atom. The van der Waals surface area contributed by atoms with E-state index in [1.165, 1.54) is 5.56 Å². The molecular weight excluding hydrogens is 508 g/mol. The molecule has 0 aliphatic rings. The number of para-hydroxylation sites is 1. The van der Waals surface area contributed by atoms with Gasteiger partial charge in [-0.05, 0) is 86.5 Å². The molecule has 0 bridgehead atoms. The van der Waals surface area contributed by atoms with Gasteiger partial charge in [0.2, 0.25) is 6.41 Å².